The molecule has 2 aliphatic rings. The molecule has 0 radical (unpaired) electrons. The van der Waals surface area contributed by atoms with E-state index in [0.717, 1.165) is 29.2 Å². The van der Waals surface area contributed by atoms with E-state index < -0.39 is 46.2 Å². The Morgan fingerprint density at radius 2 is 1.68 bits per heavy atom. The van der Waals surface area contributed by atoms with Crippen LogP contribution in [-0.2, 0) is 15.2 Å². The third-order valence-corrected chi connectivity index (χ3v) is 7.06. The molecule has 2 N–H and O–H groups in total. The van der Waals surface area contributed by atoms with Gasteiger partial charge < -0.3 is 15.3 Å². The lowest BCUT2D eigenvalue weighted by Gasteiger charge is -2.50. The van der Waals surface area contributed by atoms with Crippen molar-refractivity contribution in [2.24, 2.45) is 5.41 Å². The minimum absolute atomic E-state index is 0.0426. The molecule has 2 aliphatic heterocycles. The van der Waals surface area contributed by atoms with E-state index in [1.165, 1.54) is 24.3 Å². The van der Waals surface area contributed by atoms with Crippen LogP contribution in [0.4, 0.5) is 22.0 Å². The van der Waals surface area contributed by atoms with E-state index in [2.05, 4.69) is 5.32 Å². The van der Waals surface area contributed by atoms with Crippen molar-refractivity contribution in [2.75, 3.05) is 19.6 Å². The van der Waals surface area contributed by atoms with Crippen LogP contribution in [0.3, 0.4) is 0 Å². The number of nitrogens with zero attached hydrogens (tertiary/aromatic N) is 1. The fourth-order valence-electron chi connectivity index (χ4n) is 5.14. The highest BCUT2D eigenvalue weighted by Gasteiger charge is 2.62. The van der Waals surface area contributed by atoms with Crippen LogP contribution >= 0.6 is 0 Å². The van der Waals surface area contributed by atoms with E-state index >= 15 is 0 Å². The first-order valence-electron chi connectivity index (χ1n) is 10.8. The van der Waals surface area contributed by atoms with Gasteiger partial charge in [0.2, 0.25) is 5.91 Å². The molecule has 2 aromatic carbocycles. The summed E-state index contributed by atoms with van der Waals surface area (Å²) in [4.78, 5) is 26.2. The summed E-state index contributed by atoms with van der Waals surface area (Å²) in [5.41, 5.74) is -4.56. The van der Waals surface area contributed by atoms with E-state index in [4.69, 9.17) is 0 Å². The van der Waals surface area contributed by atoms with Crippen molar-refractivity contribution in [3.05, 3.63) is 71.3 Å². The van der Waals surface area contributed by atoms with Crippen LogP contribution in [0.15, 0.2) is 48.5 Å². The first kappa shape index (κ1) is 24.1. The molecular formula is C24H23F5N2O3. The predicted octanol–water partition coefficient (Wildman–Crippen LogP) is 3.63. The molecule has 1 spiro atoms. The van der Waals surface area contributed by atoms with E-state index in [0.29, 0.717) is 5.56 Å². The average Bonchev–Trinajstić information content (AvgIpc) is 2.80. The SMILES string of the molecule is O=C1CC2(CCN(C(=O)[C@](O)(c3ccccc3)C(F)(F)F)CC2)[C@H](c2ccc(F)c(F)c2)CN1. The Morgan fingerprint density at radius 1 is 1.03 bits per heavy atom. The second-order valence-corrected chi connectivity index (χ2v) is 8.94. The molecule has 10 heteroatoms. The Bertz CT molecular complexity index is 1080. The van der Waals surface area contributed by atoms with Gasteiger partial charge in [0.1, 0.15) is 0 Å². The third-order valence-electron chi connectivity index (χ3n) is 7.06. The highest BCUT2D eigenvalue weighted by molar-refractivity contribution is 5.87. The van der Waals surface area contributed by atoms with Crippen molar-refractivity contribution in [3.8, 4) is 0 Å². The van der Waals surface area contributed by atoms with Crippen molar-refractivity contribution in [1.82, 2.24) is 10.2 Å². The quantitative estimate of drug-likeness (QED) is 0.657. The summed E-state index contributed by atoms with van der Waals surface area (Å²) >= 11 is 0. The Hall–Kier alpha value is -3.01. The summed E-state index contributed by atoms with van der Waals surface area (Å²) in [5.74, 6) is -4.19. The Kier molecular flexibility index (Phi) is 6.14. The van der Waals surface area contributed by atoms with Crippen molar-refractivity contribution < 1.29 is 36.6 Å². The monoisotopic (exact) mass is 482 g/mol. The minimum Gasteiger partial charge on any atom is -0.369 e. The normalized spacial score (nSPS) is 22.2. The molecule has 5 nitrogen and oxygen atoms in total. The van der Waals surface area contributed by atoms with Gasteiger partial charge in [0.15, 0.2) is 11.6 Å². The second kappa shape index (κ2) is 8.65. The Balaban J connectivity index is 1.60. The van der Waals surface area contributed by atoms with Gasteiger partial charge in [-0.3, -0.25) is 9.59 Å². The number of benzene rings is 2. The van der Waals surface area contributed by atoms with Gasteiger partial charge in [-0.2, -0.15) is 13.2 Å². The highest BCUT2D eigenvalue weighted by atomic mass is 19.4. The minimum atomic E-state index is -5.25. The molecule has 0 bridgehead atoms. The summed E-state index contributed by atoms with van der Waals surface area (Å²) in [7, 11) is 0. The van der Waals surface area contributed by atoms with Crippen LogP contribution in [0.25, 0.3) is 0 Å². The van der Waals surface area contributed by atoms with Gasteiger partial charge in [-0.05, 0) is 36.0 Å². The lowest BCUT2D eigenvalue weighted by Crippen LogP contribution is -2.59. The molecule has 2 atom stereocenters. The number of nitrogens with one attached hydrogen (secondary N) is 1. The zero-order valence-corrected chi connectivity index (χ0v) is 18.0. The molecule has 2 saturated heterocycles. The van der Waals surface area contributed by atoms with Crippen molar-refractivity contribution in [2.45, 2.75) is 37.0 Å². The number of carbonyl (C=O) groups excluding carboxylic acids is 2. The molecule has 2 fully saturated rings. The molecule has 0 aromatic heterocycles. The largest absolute Gasteiger partial charge is 0.430 e. The predicted molar refractivity (Wildman–Crippen MR) is 111 cm³/mol. The molecule has 0 aliphatic carbocycles. The average molecular weight is 482 g/mol. The highest BCUT2D eigenvalue weighted by Crippen LogP contribution is 2.50. The van der Waals surface area contributed by atoms with Crippen LogP contribution in [0.2, 0.25) is 0 Å². The van der Waals surface area contributed by atoms with E-state index in [9.17, 15) is 36.6 Å². The molecule has 4 rings (SSSR count). The number of likely N-dealkylation sites (tertiary alicyclic amines) is 1. The molecule has 2 heterocycles. The van der Waals surface area contributed by atoms with Crippen molar-refractivity contribution in [1.29, 1.82) is 0 Å². The molecular weight excluding hydrogens is 459 g/mol. The van der Waals surface area contributed by atoms with E-state index in [1.807, 2.05) is 0 Å². The molecule has 0 unspecified atom stereocenters. The lowest BCUT2D eigenvalue weighted by molar-refractivity contribution is -0.262. The summed E-state index contributed by atoms with van der Waals surface area (Å²) in [5, 5.41) is 13.3. The van der Waals surface area contributed by atoms with E-state index in [1.54, 1.807) is 0 Å². The number of piperidine rings is 2. The number of alkyl halides is 3. The maximum atomic E-state index is 13.9. The van der Waals surface area contributed by atoms with Crippen LogP contribution in [0.1, 0.15) is 36.3 Å². The van der Waals surface area contributed by atoms with Crippen molar-refractivity contribution >= 4 is 11.8 Å². The molecule has 2 amide bonds. The number of rotatable bonds is 3. The molecule has 34 heavy (non-hydrogen) atoms. The maximum absolute atomic E-state index is 13.9. The van der Waals surface area contributed by atoms with Crippen LogP contribution in [-0.4, -0.2) is 47.6 Å². The van der Waals surface area contributed by atoms with Crippen LogP contribution in [0, 0.1) is 17.0 Å². The summed E-state index contributed by atoms with van der Waals surface area (Å²) in [6.45, 7) is -0.0939. The molecule has 2 aromatic rings. The number of halogens is 5. The van der Waals surface area contributed by atoms with Crippen LogP contribution < -0.4 is 5.32 Å². The summed E-state index contributed by atoms with van der Waals surface area (Å²) < 4.78 is 69.1. The lowest BCUT2D eigenvalue weighted by atomic mass is 9.62. The first-order valence-corrected chi connectivity index (χ1v) is 10.8. The van der Waals surface area contributed by atoms with Gasteiger partial charge in [0.05, 0.1) is 0 Å². The number of carbonyl (C=O) groups is 2. The fourth-order valence-corrected chi connectivity index (χ4v) is 5.14. The second-order valence-electron chi connectivity index (χ2n) is 8.94. The van der Waals surface area contributed by atoms with Crippen molar-refractivity contribution in [3.63, 3.8) is 0 Å². The van der Waals surface area contributed by atoms with Gasteiger partial charge in [-0.15, -0.1) is 0 Å². The van der Waals surface area contributed by atoms with Gasteiger partial charge in [-0.25, -0.2) is 8.78 Å². The van der Waals surface area contributed by atoms with Gasteiger partial charge in [0, 0.05) is 37.5 Å². The number of hydrogen-bond donors (Lipinski definition) is 2. The number of aliphatic hydroxyl groups is 1. The number of amides is 2. The summed E-state index contributed by atoms with van der Waals surface area (Å²) in [6, 6.07) is 9.66. The zero-order chi connectivity index (χ0) is 24.7. The molecule has 182 valence electrons. The zero-order valence-electron chi connectivity index (χ0n) is 18.0. The topological polar surface area (TPSA) is 69.6 Å². The molecule has 0 saturated carbocycles. The van der Waals surface area contributed by atoms with Gasteiger partial charge >= 0.3 is 6.18 Å². The third kappa shape index (κ3) is 4.04. The van der Waals surface area contributed by atoms with E-state index in [-0.39, 0.29) is 44.8 Å². The summed E-state index contributed by atoms with van der Waals surface area (Å²) in [6.07, 6.45) is -4.88. The smallest absolute Gasteiger partial charge is 0.369 e. The fraction of sp³-hybridized carbons (Fsp3) is 0.417. The first-order chi connectivity index (χ1) is 16.0. The standard InChI is InChI=1S/C24H23F5N2O3/c25-18-7-6-15(12-19(18)26)17-14-30-20(32)13-22(17)8-10-31(11-9-22)21(33)23(34,24(27,28)29)16-4-2-1-3-5-16/h1-7,12,17,34H,8-11,13-14H2,(H,30,32)/t17-,23+/m0/s1. The maximum Gasteiger partial charge on any atom is 0.430 e. The van der Waals surface area contributed by atoms with Gasteiger partial charge in [-0.1, -0.05) is 36.4 Å². The Morgan fingerprint density at radius 3 is 2.26 bits per heavy atom. The Labute approximate surface area is 192 Å². The number of hydrogen-bond acceptors (Lipinski definition) is 3. The van der Waals surface area contributed by atoms with Crippen LogP contribution in [0.5, 0.6) is 0 Å². The van der Waals surface area contributed by atoms with Gasteiger partial charge in [0.25, 0.3) is 11.5 Å².